The summed E-state index contributed by atoms with van der Waals surface area (Å²) in [6, 6.07) is 0. The molecule has 4 rings (SSSR count). The highest BCUT2D eigenvalue weighted by Gasteiger charge is 2.65. The fourth-order valence-electron chi connectivity index (χ4n) is 9.20. The minimum Gasteiger partial charge on any atom is -0.480 e. The van der Waals surface area contributed by atoms with Crippen molar-refractivity contribution in [2.75, 3.05) is 13.1 Å². The van der Waals surface area contributed by atoms with Gasteiger partial charge in [0.1, 0.15) is 6.54 Å². The first-order valence-electron chi connectivity index (χ1n) is 14.2. The Morgan fingerprint density at radius 3 is 2.32 bits per heavy atom. The molecule has 0 aromatic rings. The van der Waals surface area contributed by atoms with E-state index in [1.165, 1.54) is 0 Å². The molecular weight excluding hydrogens is 476 g/mol. The van der Waals surface area contributed by atoms with Gasteiger partial charge in [0.25, 0.3) is 0 Å². The normalized spacial score (nSPS) is 43.6. The van der Waals surface area contributed by atoms with Gasteiger partial charge in [-0.2, -0.15) is 0 Å². The van der Waals surface area contributed by atoms with Crippen molar-refractivity contribution in [2.24, 2.45) is 46.3 Å². The van der Waals surface area contributed by atoms with Gasteiger partial charge in [-0.25, -0.2) is 0 Å². The van der Waals surface area contributed by atoms with Crippen molar-refractivity contribution in [3.8, 4) is 0 Å². The third kappa shape index (κ3) is 5.28. The maximum absolute atomic E-state index is 12.3. The van der Waals surface area contributed by atoms with Gasteiger partial charge in [0, 0.05) is 6.42 Å². The van der Waals surface area contributed by atoms with Crippen LogP contribution in [0.1, 0.15) is 78.6 Å². The molecule has 0 spiro atoms. The number of carboxylic acid groups (broad SMARTS) is 1. The van der Waals surface area contributed by atoms with Crippen molar-refractivity contribution in [2.45, 2.75) is 96.9 Å². The van der Waals surface area contributed by atoms with Crippen LogP contribution in [0.5, 0.6) is 0 Å². The number of carbonyl (C=O) groups is 3. The summed E-state index contributed by atoms with van der Waals surface area (Å²) < 4.78 is 0. The van der Waals surface area contributed by atoms with E-state index in [-0.39, 0.29) is 65.4 Å². The molecule has 0 aromatic carbocycles. The fourth-order valence-corrected chi connectivity index (χ4v) is 9.20. The molecule has 37 heavy (non-hydrogen) atoms. The monoisotopic (exact) mass is 522 g/mol. The Balaban J connectivity index is 1.38. The zero-order chi connectivity index (χ0) is 27.1. The van der Waals surface area contributed by atoms with E-state index in [1.54, 1.807) is 0 Å². The number of hydrogen-bond acceptors (Lipinski definition) is 6. The topological polar surface area (TPSA) is 156 Å². The largest absolute Gasteiger partial charge is 0.480 e. The third-order valence-electron chi connectivity index (χ3n) is 11.2. The van der Waals surface area contributed by atoms with Crippen molar-refractivity contribution in [3.05, 3.63) is 0 Å². The lowest BCUT2D eigenvalue weighted by Crippen LogP contribution is -2.62. The van der Waals surface area contributed by atoms with Crippen LogP contribution in [0.2, 0.25) is 0 Å². The molecular formula is C28H46N2O7. The Morgan fingerprint density at radius 2 is 1.62 bits per heavy atom. The van der Waals surface area contributed by atoms with Crippen molar-refractivity contribution in [1.82, 2.24) is 10.6 Å². The van der Waals surface area contributed by atoms with Crippen LogP contribution in [0, 0.1) is 46.3 Å². The van der Waals surface area contributed by atoms with E-state index >= 15 is 0 Å². The van der Waals surface area contributed by atoms with Crippen LogP contribution >= 0.6 is 0 Å². The van der Waals surface area contributed by atoms with E-state index in [4.69, 9.17) is 5.11 Å². The number of fused-ring (bicyclic) bond motifs is 5. The number of aliphatic hydroxyl groups excluding tert-OH is 3. The van der Waals surface area contributed by atoms with Gasteiger partial charge in [-0.1, -0.05) is 20.8 Å². The number of carboxylic acids is 1. The minimum absolute atomic E-state index is 0.0456. The van der Waals surface area contributed by atoms with Gasteiger partial charge in [-0.05, 0) is 97.7 Å². The molecule has 9 nitrogen and oxygen atoms in total. The fraction of sp³-hybridized carbons (Fsp3) is 0.893. The van der Waals surface area contributed by atoms with Crippen LogP contribution < -0.4 is 10.6 Å². The molecule has 4 fully saturated rings. The quantitative estimate of drug-likeness (QED) is 0.283. The van der Waals surface area contributed by atoms with E-state index in [0.29, 0.717) is 18.8 Å². The van der Waals surface area contributed by atoms with Crippen molar-refractivity contribution in [1.29, 1.82) is 0 Å². The summed E-state index contributed by atoms with van der Waals surface area (Å²) in [6.45, 7) is 5.94. The maximum Gasteiger partial charge on any atom is 0.322 e. The van der Waals surface area contributed by atoms with E-state index in [9.17, 15) is 29.7 Å². The van der Waals surface area contributed by atoms with Crippen molar-refractivity contribution < 1.29 is 34.8 Å². The average molecular weight is 523 g/mol. The molecule has 2 amide bonds. The van der Waals surface area contributed by atoms with Crippen LogP contribution in [0.15, 0.2) is 0 Å². The average Bonchev–Trinajstić information content (AvgIpc) is 3.20. The predicted molar refractivity (Wildman–Crippen MR) is 136 cm³/mol. The summed E-state index contributed by atoms with van der Waals surface area (Å²) in [5.74, 6) is -0.534. The molecule has 4 aliphatic carbocycles. The first-order valence-corrected chi connectivity index (χ1v) is 14.2. The zero-order valence-electron chi connectivity index (χ0n) is 22.5. The molecule has 0 aromatic heterocycles. The summed E-state index contributed by atoms with van der Waals surface area (Å²) in [5, 5.41) is 46.7. The number of carbonyl (C=O) groups excluding carboxylic acids is 2. The Hall–Kier alpha value is -1.71. The van der Waals surface area contributed by atoms with E-state index in [0.717, 1.165) is 38.5 Å². The van der Waals surface area contributed by atoms with Crippen molar-refractivity contribution >= 4 is 17.8 Å². The summed E-state index contributed by atoms with van der Waals surface area (Å²) >= 11 is 0. The highest BCUT2D eigenvalue weighted by molar-refractivity contribution is 5.86. The van der Waals surface area contributed by atoms with Crippen LogP contribution in [0.4, 0.5) is 0 Å². The zero-order valence-corrected chi connectivity index (χ0v) is 22.5. The number of hydrogen-bond donors (Lipinski definition) is 6. The summed E-state index contributed by atoms with van der Waals surface area (Å²) in [6.07, 6.45) is 5.60. The van der Waals surface area contributed by atoms with E-state index < -0.39 is 30.6 Å². The van der Waals surface area contributed by atoms with Gasteiger partial charge in [0.05, 0.1) is 24.9 Å². The summed E-state index contributed by atoms with van der Waals surface area (Å²) in [7, 11) is 0. The number of rotatable bonds is 8. The van der Waals surface area contributed by atoms with Gasteiger partial charge in [-0.3, -0.25) is 14.4 Å². The first-order chi connectivity index (χ1) is 17.4. The third-order valence-corrected chi connectivity index (χ3v) is 11.2. The van der Waals surface area contributed by atoms with Crippen LogP contribution in [-0.2, 0) is 14.4 Å². The van der Waals surface area contributed by atoms with E-state index in [1.807, 2.05) is 0 Å². The summed E-state index contributed by atoms with van der Waals surface area (Å²) in [4.78, 5) is 34.5. The molecule has 0 aliphatic heterocycles. The SMILES string of the molecule is C[C@H](CCC(=O)NCC(=O)NCC(=O)O)C1CC[C@H]2[C@@H]3[C@H](O)C[C@@H]4C[C@H](O)CC[C@]4(C)[C@H]3C[C@H](O)[C@]12C. The lowest BCUT2D eigenvalue weighted by Gasteiger charge is -2.63. The number of nitrogens with one attached hydrogen (secondary N) is 2. The molecule has 1 unspecified atom stereocenters. The number of aliphatic hydroxyl groups is 3. The molecule has 0 bridgehead atoms. The highest BCUT2D eigenvalue weighted by Crippen LogP contribution is 2.68. The highest BCUT2D eigenvalue weighted by atomic mass is 16.4. The Bertz CT molecular complexity index is 883. The molecule has 11 atom stereocenters. The summed E-state index contributed by atoms with van der Waals surface area (Å²) in [5.41, 5.74) is -0.268. The van der Waals surface area contributed by atoms with Gasteiger partial charge in [0.2, 0.25) is 11.8 Å². The van der Waals surface area contributed by atoms with Gasteiger partial charge in [-0.15, -0.1) is 0 Å². The molecule has 0 heterocycles. The molecule has 210 valence electrons. The second kappa shape index (κ2) is 10.8. The number of amides is 2. The Labute approximate surface area is 219 Å². The first kappa shape index (κ1) is 28.3. The van der Waals surface area contributed by atoms with Crippen LogP contribution in [-0.4, -0.2) is 69.6 Å². The van der Waals surface area contributed by atoms with Gasteiger partial charge < -0.3 is 31.1 Å². The molecule has 4 saturated carbocycles. The van der Waals surface area contributed by atoms with Crippen LogP contribution in [0.25, 0.3) is 0 Å². The molecule has 4 aliphatic rings. The van der Waals surface area contributed by atoms with Gasteiger partial charge >= 0.3 is 5.97 Å². The lowest BCUT2D eigenvalue weighted by molar-refractivity contribution is -0.207. The van der Waals surface area contributed by atoms with Gasteiger partial charge in [0.15, 0.2) is 0 Å². The minimum atomic E-state index is -1.14. The van der Waals surface area contributed by atoms with Crippen LogP contribution in [0.3, 0.4) is 0 Å². The second-order valence-electron chi connectivity index (χ2n) is 13.0. The lowest BCUT2D eigenvalue weighted by atomic mass is 9.43. The Morgan fingerprint density at radius 1 is 0.919 bits per heavy atom. The predicted octanol–water partition coefficient (Wildman–Crippen LogP) is 1.68. The second-order valence-corrected chi connectivity index (χ2v) is 13.0. The molecule has 6 N–H and O–H groups in total. The maximum atomic E-state index is 12.3. The molecule has 0 saturated heterocycles. The standard InChI is InChI=1S/C28H46N2O7/c1-15(4-7-23(34)29-13-24(35)30-14-25(36)37)18-5-6-19-26-20(12-22(33)28(18,19)3)27(2)9-8-17(31)10-16(27)11-21(26)32/h15-22,26,31-33H,4-14H2,1-3H3,(H,29,34)(H,30,35)(H,36,37)/t15-,16+,17-,18?,19+,20+,21-,22+,26+,27+,28-/m1/s1. The molecule has 9 heteroatoms. The smallest absolute Gasteiger partial charge is 0.322 e. The van der Waals surface area contributed by atoms with E-state index in [2.05, 4.69) is 31.4 Å². The molecule has 0 radical (unpaired) electrons. The Kier molecular flexibility index (Phi) is 8.27. The van der Waals surface area contributed by atoms with Crippen molar-refractivity contribution in [3.63, 3.8) is 0 Å². The number of aliphatic carboxylic acids is 1.